The number of nitroso groups, excluding NO2 is 1. The number of phenolic OH excluding ortho intramolecular Hbond substituents is 1. The van der Waals surface area contributed by atoms with Crippen LogP contribution in [0.1, 0.15) is 93.5 Å². The predicted molar refractivity (Wildman–Crippen MR) is 114 cm³/mol. The van der Waals surface area contributed by atoms with Gasteiger partial charge in [-0.05, 0) is 28.9 Å². The van der Waals surface area contributed by atoms with Gasteiger partial charge in [0.1, 0.15) is 11.8 Å². The number of aromatic hydroxyl groups is 1. The van der Waals surface area contributed by atoms with E-state index in [2.05, 4.69) is 5.18 Å². The summed E-state index contributed by atoms with van der Waals surface area (Å²) in [6.07, 6.45) is 0.454. The molecule has 0 heterocycles. The minimum atomic E-state index is -0.697. The molecule has 1 unspecified atom stereocenters. The minimum Gasteiger partial charge on any atom is -0.507 e. The lowest BCUT2D eigenvalue weighted by Crippen LogP contribution is -2.23. The van der Waals surface area contributed by atoms with Gasteiger partial charge in [-0.15, -0.1) is 0 Å². The fraction of sp³-hybridized carbons (Fsp3) is 0.458. The highest BCUT2D eigenvalue weighted by Crippen LogP contribution is 2.46. The second kappa shape index (κ2) is 7.86. The molecule has 0 aliphatic heterocycles. The van der Waals surface area contributed by atoms with Crippen molar-refractivity contribution in [2.45, 2.75) is 71.8 Å². The Morgan fingerprint density at radius 2 is 1.61 bits per heavy atom. The van der Waals surface area contributed by atoms with Crippen molar-refractivity contribution >= 4 is 5.78 Å². The van der Waals surface area contributed by atoms with E-state index in [-0.39, 0.29) is 16.9 Å². The average Bonchev–Trinajstić information content (AvgIpc) is 2.61. The molecule has 4 heteroatoms. The molecule has 4 nitrogen and oxygen atoms in total. The average molecular weight is 382 g/mol. The van der Waals surface area contributed by atoms with Gasteiger partial charge in [0, 0.05) is 22.3 Å². The molecule has 2 rings (SSSR count). The summed E-state index contributed by atoms with van der Waals surface area (Å²) < 4.78 is 0. The second-order valence-electron chi connectivity index (χ2n) is 9.33. The van der Waals surface area contributed by atoms with Crippen LogP contribution in [0.15, 0.2) is 41.6 Å². The first-order valence-corrected chi connectivity index (χ1v) is 9.76. The zero-order valence-corrected chi connectivity index (χ0v) is 18.0. The molecular formula is C24H31NO3. The monoisotopic (exact) mass is 381 g/mol. The van der Waals surface area contributed by atoms with E-state index < -0.39 is 11.5 Å². The van der Waals surface area contributed by atoms with Gasteiger partial charge in [-0.25, -0.2) is 0 Å². The van der Waals surface area contributed by atoms with Crippen molar-refractivity contribution < 1.29 is 9.90 Å². The molecule has 2 aromatic rings. The van der Waals surface area contributed by atoms with E-state index in [9.17, 15) is 14.8 Å². The lowest BCUT2D eigenvalue weighted by Gasteiger charge is -2.32. The molecule has 0 bridgehead atoms. The van der Waals surface area contributed by atoms with E-state index in [0.717, 1.165) is 0 Å². The molecule has 2 aromatic carbocycles. The Bertz CT molecular complexity index is 871. The van der Waals surface area contributed by atoms with Gasteiger partial charge >= 0.3 is 0 Å². The third-order valence-electron chi connectivity index (χ3n) is 5.03. The maximum Gasteiger partial charge on any atom is 0.193 e. The van der Waals surface area contributed by atoms with Crippen LogP contribution in [0, 0.1) is 4.91 Å². The van der Waals surface area contributed by atoms with Crippen LogP contribution in [-0.2, 0) is 10.8 Å². The highest BCUT2D eigenvalue weighted by Gasteiger charge is 2.35. The van der Waals surface area contributed by atoms with Crippen LogP contribution in [0.5, 0.6) is 5.75 Å². The molecule has 0 fully saturated rings. The van der Waals surface area contributed by atoms with Gasteiger partial charge in [0.25, 0.3) is 0 Å². The molecule has 0 aromatic heterocycles. The molecule has 0 aliphatic carbocycles. The molecule has 0 saturated carbocycles. The van der Waals surface area contributed by atoms with Crippen LogP contribution in [0.3, 0.4) is 0 Å². The number of carbonyl (C=O) groups is 1. The van der Waals surface area contributed by atoms with Gasteiger partial charge in [-0.1, -0.05) is 84.0 Å². The molecule has 1 N–H and O–H groups in total. The number of rotatable bonds is 5. The minimum absolute atomic E-state index is 0.154. The number of hydrogen-bond acceptors (Lipinski definition) is 4. The second-order valence-corrected chi connectivity index (χ2v) is 9.33. The van der Waals surface area contributed by atoms with Gasteiger partial charge in [0.2, 0.25) is 0 Å². The van der Waals surface area contributed by atoms with Crippen LogP contribution < -0.4 is 0 Å². The van der Waals surface area contributed by atoms with Crippen LogP contribution >= 0.6 is 0 Å². The van der Waals surface area contributed by atoms with E-state index in [4.69, 9.17) is 0 Å². The SMILES string of the molecule is CCC(N=O)c1c(C(=O)c2ccccc2)cc(C(C)(C)C)c(O)c1C(C)(C)C. The van der Waals surface area contributed by atoms with Gasteiger partial charge in [0.15, 0.2) is 5.78 Å². The summed E-state index contributed by atoms with van der Waals surface area (Å²) in [7, 11) is 0. The summed E-state index contributed by atoms with van der Waals surface area (Å²) in [6.45, 7) is 13.8. The summed E-state index contributed by atoms with van der Waals surface area (Å²) in [5, 5.41) is 14.5. The number of carbonyl (C=O) groups excluding carboxylic acids is 1. The fourth-order valence-electron chi connectivity index (χ4n) is 3.63. The van der Waals surface area contributed by atoms with Gasteiger partial charge in [-0.2, -0.15) is 4.91 Å². The fourth-order valence-corrected chi connectivity index (χ4v) is 3.63. The third-order valence-corrected chi connectivity index (χ3v) is 5.03. The van der Waals surface area contributed by atoms with Crippen molar-refractivity contribution in [3.63, 3.8) is 0 Å². The van der Waals surface area contributed by atoms with Crippen molar-refractivity contribution in [3.8, 4) is 5.75 Å². The zero-order valence-electron chi connectivity index (χ0n) is 18.0. The maximum atomic E-state index is 13.4. The highest BCUT2D eigenvalue weighted by molar-refractivity contribution is 6.10. The molecule has 150 valence electrons. The third kappa shape index (κ3) is 4.16. The summed E-state index contributed by atoms with van der Waals surface area (Å²) >= 11 is 0. The van der Waals surface area contributed by atoms with Crippen LogP contribution in [0.2, 0.25) is 0 Å². The van der Waals surface area contributed by atoms with Crippen LogP contribution in [0.4, 0.5) is 0 Å². The first-order valence-electron chi connectivity index (χ1n) is 9.76. The summed E-state index contributed by atoms with van der Waals surface area (Å²) in [5.41, 5.74) is 2.03. The molecule has 28 heavy (non-hydrogen) atoms. The van der Waals surface area contributed by atoms with E-state index in [1.807, 2.05) is 66.7 Å². The normalized spacial score (nSPS) is 13.2. The van der Waals surface area contributed by atoms with Crippen molar-refractivity contribution in [3.05, 3.63) is 69.1 Å². The zero-order chi connectivity index (χ0) is 21.3. The smallest absolute Gasteiger partial charge is 0.193 e. The molecular weight excluding hydrogens is 350 g/mol. The Hall–Kier alpha value is -2.49. The Kier molecular flexibility index (Phi) is 6.12. The quantitative estimate of drug-likeness (QED) is 0.479. The summed E-state index contributed by atoms with van der Waals surface area (Å²) in [6, 6.07) is 10.1. The van der Waals surface area contributed by atoms with E-state index in [0.29, 0.717) is 34.2 Å². The maximum absolute atomic E-state index is 13.4. The molecule has 0 amide bonds. The van der Waals surface area contributed by atoms with Crippen LogP contribution in [-0.4, -0.2) is 10.9 Å². The van der Waals surface area contributed by atoms with Gasteiger partial charge in [-0.3, -0.25) is 4.79 Å². The van der Waals surface area contributed by atoms with E-state index >= 15 is 0 Å². The number of benzene rings is 2. The first-order chi connectivity index (χ1) is 12.9. The van der Waals surface area contributed by atoms with E-state index in [1.165, 1.54) is 0 Å². The summed E-state index contributed by atoms with van der Waals surface area (Å²) in [4.78, 5) is 25.1. The Morgan fingerprint density at radius 3 is 2.04 bits per heavy atom. The number of phenols is 1. The highest BCUT2D eigenvalue weighted by atomic mass is 16.3. The Balaban J connectivity index is 2.99. The van der Waals surface area contributed by atoms with Crippen molar-refractivity contribution in [1.29, 1.82) is 0 Å². The predicted octanol–water partition coefficient (Wildman–Crippen LogP) is 6.44. The number of ketones is 1. The van der Waals surface area contributed by atoms with Crippen molar-refractivity contribution in [2.24, 2.45) is 5.18 Å². The molecule has 0 radical (unpaired) electrons. The Labute approximate surface area is 168 Å². The summed E-state index contributed by atoms with van der Waals surface area (Å²) in [5.74, 6) is -0.00425. The largest absolute Gasteiger partial charge is 0.507 e. The van der Waals surface area contributed by atoms with Crippen LogP contribution in [0.25, 0.3) is 0 Å². The first kappa shape index (κ1) is 21.8. The van der Waals surface area contributed by atoms with Gasteiger partial charge < -0.3 is 5.11 Å². The molecule has 1 atom stereocenters. The lowest BCUT2D eigenvalue weighted by atomic mass is 9.73. The molecule has 0 saturated heterocycles. The molecule has 0 aliphatic rings. The number of nitrogens with zero attached hydrogens (tertiary/aromatic N) is 1. The number of hydrogen-bond donors (Lipinski definition) is 1. The Morgan fingerprint density at radius 1 is 1.04 bits per heavy atom. The topological polar surface area (TPSA) is 66.7 Å². The van der Waals surface area contributed by atoms with Crippen molar-refractivity contribution in [2.75, 3.05) is 0 Å². The van der Waals surface area contributed by atoms with E-state index in [1.54, 1.807) is 18.2 Å². The van der Waals surface area contributed by atoms with Crippen molar-refractivity contribution in [1.82, 2.24) is 0 Å². The molecule has 0 spiro atoms. The standard InChI is InChI=1S/C24H31NO3/c1-8-18(25-28)19-16(21(26)15-12-10-9-11-13-15)14-17(23(2,3)4)22(27)20(19)24(5,6)7/h9-14,18,27H,8H2,1-7H3. The lowest BCUT2D eigenvalue weighted by molar-refractivity contribution is 0.103. The van der Waals surface area contributed by atoms with Gasteiger partial charge in [0.05, 0.1) is 0 Å².